The zero-order valence-electron chi connectivity index (χ0n) is 45.8. The van der Waals surface area contributed by atoms with Crippen molar-refractivity contribution in [2.45, 2.75) is 277 Å². The first-order chi connectivity index (χ1) is 34.5. The van der Waals surface area contributed by atoms with Gasteiger partial charge in [0.05, 0.1) is 0 Å². The van der Waals surface area contributed by atoms with Crippen molar-refractivity contribution in [2.75, 3.05) is 13.2 Å². The van der Waals surface area contributed by atoms with Crippen LogP contribution in [-0.2, 0) is 28.6 Å². The lowest BCUT2D eigenvalue weighted by Gasteiger charge is -2.18. The molecule has 0 rings (SSSR count). The normalized spacial score (nSPS) is 12.8. The molecule has 0 saturated carbocycles. The Morgan fingerprint density at radius 1 is 0.300 bits per heavy atom. The van der Waals surface area contributed by atoms with Crippen molar-refractivity contribution in [3.63, 3.8) is 0 Å². The highest BCUT2D eigenvalue weighted by Crippen LogP contribution is 2.15. The van der Waals surface area contributed by atoms with Crippen LogP contribution in [0.5, 0.6) is 0 Å². The monoisotopic (exact) mass is 973 g/mol. The Kier molecular flexibility index (Phi) is 54.9. The number of carbonyl (C=O) groups is 3. The SMILES string of the molecule is CC/C=C\C/C=C\C/C=C\C/C=C\CCCCCCCCCCCCC(=O)OCC(COC(=O)CCCCC/C=C\C/C=C\C/C=C\CC)OC(=O)CCCCCCC/C=C\CCCCCCCCC. The molecule has 0 aromatic carbocycles. The van der Waals surface area contributed by atoms with E-state index in [9.17, 15) is 14.4 Å². The quantitative estimate of drug-likeness (QED) is 0.0262. The molecule has 0 saturated heterocycles. The third-order valence-electron chi connectivity index (χ3n) is 12.3. The lowest BCUT2D eigenvalue weighted by molar-refractivity contribution is -0.167. The molecule has 6 nitrogen and oxygen atoms in total. The molecule has 0 heterocycles. The number of hydrogen-bond donors (Lipinski definition) is 0. The number of carbonyl (C=O) groups excluding carboxylic acids is 3. The van der Waals surface area contributed by atoms with E-state index < -0.39 is 6.10 Å². The second-order valence-corrected chi connectivity index (χ2v) is 19.1. The van der Waals surface area contributed by atoms with E-state index in [0.717, 1.165) is 122 Å². The van der Waals surface area contributed by atoms with Crippen LogP contribution in [0.3, 0.4) is 0 Å². The van der Waals surface area contributed by atoms with Crippen LogP contribution in [0.25, 0.3) is 0 Å². The van der Waals surface area contributed by atoms with Gasteiger partial charge in [0.2, 0.25) is 0 Å². The summed E-state index contributed by atoms with van der Waals surface area (Å²) in [5, 5.41) is 0. The van der Waals surface area contributed by atoms with E-state index in [2.05, 4.69) is 118 Å². The van der Waals surface area contributed by atoms with Gasteiger partial charge in [-0.1, -0.05) is 234 Å². The highest BCUT2D eigenvalue weighted by Gasteiger charge is 2.19. The summed E-state index contributed by atoms with van der Waals surface area (Å²) in [6.07, 6.45) is 76.9. The Morgan fingerprint density at radius 3 is 0.900 bits per heavy atom. The fourth-order valence-corrected chi connectivity index (χ4v) is 7.97. The lowest BCUT2D eigenvalue weighted by Crippen LogP contribution is -2.30. The summed E-state index contributed by atoms with van der Waals surface area (Å²) in [5.41, 5.74) is 0. The highest BCUT2D eigenvalue weighted by atomic mass is 16.6. The van der Waals surface area contributed by atoms with Crippen molar-refractivity contribution in [3.05, 3.63) is 97.2 Å². The third-order valence-corrected chi connectivity index (χ3v) is 12.3. The summed E-state index contributed by atoms with van der Waals surface area (Å²) in [6, 6.07) is 0. The summed E-state index contributed by atoms with van der Waals surface area (Å²) in [7, 11) is 0. The summed E-state index contributed by atoms with van der Waals surface area (Å²) < 4.78 is 16.8. The van der Waals surface area contributed by atoms with Gasteiger partial charge in [0.25, 0.3) is 0 Å². The van der Waals surface area contributed by atoms with E-state index in [4.69, 9.17) is 14.2 Å². The minimum absolute atomic E-state index is 0.0925. The smallest absolute Gasteiger partial charge is 0.306 e. The van der Waals surface area contributed by atoms with Crippen molar-refractivity contribution in [1.29, 1.82) is 0 Å². The molecule has 0 N–H and O–H groups in total. The largest absolute Gasteiger partial charge is 0.462 e. The van der Waals surface area contributed by atoms with Crippen LogP contribution in [0.1, 0.15) is 271 Å². The number of rotatable bonds is 52. The van der Waals surface area contributed by atoms with Gasteiger partial charge in [0, 0.05) is 19.3 Å². The Hall–Kier alpha value is -3.67. The van der Waals surface area contributed by atoms with Crippen LogP contribution in [0.2, 0.25) is 0 Å². The molecule has 6 heteroatoms. The molecule has 0 aromatic rings. The van der Waals surface area contributed by atoms with Crippen molar-refractivity contribution >= 4 is 17.9 Å². The number of hydrogen-bond acceptors (Lipinski definition) is 6. The molecule has 0 aliphatic rings. The van der Waals surface area contributed by atoms with Crippen LogP contribution >= 0.6 is 0 Å². The number of unbranched alkanes of at least 4 members (excludes halogenated alkanes) is 25. The van der Waals surface area contributed by atoms with Gasteiger partial charge in [-0.25, -0.2) is 0 Å². The van der Waals surface area contributed by atoms with Gasteiger partial charge in [-0.15, -0.1) is 0 Å². The highest BCUT2D eigenvalue weighted by molar-refractivity contribution is 5.71. The zero-order chi connectivity index (χ0) is 50.7. The third kappa shape index (κ3) is 55.3. The molecule has 0 radical (unpaired) electrons. The Balaban J connectivity index is 4.37. The molecule has 0 aliphatic heterocycles. The standard InChI is InChI=1S/C64H108O6/c1-4-7-10-13-16-19-22-25-27-29-30-31-32-33-34-35-37-39-42-45-48-51-54-57-63(66)69-60-61(59-68-62(65)56-53-50-47-44-41-38-24-21-18-15-12-9-6-3)70-64(67)58-55-52-49-46-43-40-36-28-26-23-20-17-14-11-8-5-2/h7,9-10,12,16,18-19,21,25,27-28,30-31,36,38,41,61H,4-6,8,11,13-15,17,20,22-24,26,29,32-35,37,39-40,42-60H2,1-3H3/b10-7-,12-9-,19-16-,21-18-,27-25-,31-30-,36-28-,41-38-. The number of ether oxygens (including phenoxy) is 3. The van der Waals surface area contributed by atoms with Crippen LogP contribution in [0, 0.1) is 0 Å². The molecular formula is C64H108O6. The molecule has 1 unspecified atom stereocenters. The maximum absolute atomic E-state index is 12.9. The van der Waals surface area contributed by atoms with Crippen LogP contribution in [-0.4, -0.2) is 37.2 Å². The van der Waals surface area contributed by atoms with Crippen molar-refractivity contribution in [3.8, 4) is 0 Å². The van der Waals surface area contributed by atoms with Gasteiger partial charge >= 0.3 is 17.9 Å². The zero-order valence-corrected chi connectivity index (χ0v) is 45.8. The first-order valence-electron chi connectivity index (χ1n) is 29.2. The molecule has 0 aromatic heterocycles. The predicted molar refractivity (Wildman–Crippen MR) is 302 cm³/mol. The van der Waals surface area contributed by atoms with Gasteiger partial charge in [-0.3, -0.25) is 14.4 Å². The fraction of sp³-hybridized carbons (Fsp3) is 0.703. The van der Waals surface area contributed by atoms with E-state index in [1.807, 2.05) is 0 Å². The summed E-state index contributed by atoms with van der Waals surface area (Å²) >= 11 is 0. The van der Waals surface area contributed by atoms with E-state index in [1.54, 1.807) is 0 Å². The Labute approximate surface area is 432 Å². The second-order valence-electron chi connectivity index (χ2n) is 19.1. The van der Waals surface area contributed by atoms with E-state index in [1.165, 1.54) is 109 Å². The first-order valence-corrected chi connectivity index (χ1v) is 29.2. The van der Waals surface area contributed by atoms with Gasteiger partial charge < -0.3 is 14.2 Å². The summed E-state index contributed by atoms with van der Waals surface area (Å²) in [6.45, 7) is 6.38. The van der Waals surface area contributed by atoms with E-state index in [0.29, 0.717) is 19.3 Å². The van der Waals surface area contributed by atoms with Gasteiger partial charge in [0.1, 0.15) is 13.2 Å². The Bertz CT molecular complexity index is 1400. The maximum Gasteiger partial charge on any atom is 0.306 e. The van der Waals surface area contributed by atoms with E-state index in [-0.39, 0.29) is 31.1 Å². The molecule has 0 fully saturated rings. The van der Waals surface area contributed by atoms with E-state index >= 15 is 0 Å². The number of allylic oxidation sites excluding steroid dienone is 16. The first kappa shape index (κ1) is 66.3. The van der Waals surface area contributed by atoms with Gasteiger partial charge in [0.15, 0.2) is 6.10 Å². The Morgan fingerprint density at radius 2 is 0.557 bits per heavy atom. The average Bonchev–Trinajstić information content (AvgIpc) is 3.36. The molecule has 0 bridgehead atoms. The number of esters is 3. The minimum atomic E-state index is -0.796. The molecule has 0 aliphatic carbocycles. The van der Waals surface area contributed by atoms with Crippen LogP contribution in [0.4, 0.5) is 0 Å². The van der Waals surface area contributed by atoms with Gasteiger partial charge in [-0.2, -0.15) is 0 Å². The maximum atomic E-state index is 12.9. The molecule has 1 atom stereocenters. The fourth-order valence-electron chi connectivity index (χ4n) is 7.97. The molecule has 0 spiro atoms. The molecule has 400 valence electrons. The minimum Gasteiger partial charge on any atom is -0.462 e. The second kappa shape index (κ2) is 57.9. The lowest BCUT2D eigenvalue weighted by atomic mass is 10.1. The molecule has 0 amide bonds. The predicted octanol–water partition coefficient (Wildman–Crippen LogP) is 19.7. The average molecular weight is 974 g/mol. The topological polar surface area (TPSA) is 78.9 Å². The van der Waals surface area contributed by atoms with Crippen molar-refractivity contribution < 1.29 is 28.6 Å². The van der Waals surface area contributed by atoms with Crippen LogP contribution < -0.4 is 0 Å². The summed E-state index contributed by atoms with van der Waals surface area (Å²) in [5.74, 6) is -0.931. The van der Waals surface area contributed by atoms with Crippen molar-refractivity contribution in [2.24, 2.45) is 0 Å². The molecule has 70 heavy (non-hydrogen) atoms. The van der Waals surface area contributed by atoms with Crippen LogP contribution in [0.15, 0.2) is 97.2 Å². The molecular weight excluding hydrogens is 865 g/mol. The van der Waals surface area contributed by atoms with Gasteiger partial charge in [-0.05, 0) is 116 Å². The van der Waals surface area contributed by atoms with Crippen molar-refractivity contribution in [1.82, 2.24) is 0 Å². The summed E-state index contributed by atoms with van der Waals surface area (Å²) in [4.78, 5) is 38.2.